The molecule has 0 unspecified atom stereocenters. The fourth-order valence-electron chi connectivity index (χ4n) is 3.15. The van der Waals surface area contributed by atoms with E-state index in [0.29, 0.717) is 0 Å². The first-order valence-corrected chi connectivity index (χ1v) is 11.4. The molecule has 2 aromatic carbocycles. The average Bonchev–Trinajstić information content (AvgIpc) is 2.67. The van der Waals surface area contributed by atoms with Gasteiger partial charge in [-0.05, 0) is 65.3 Å². The number of halogens is 4. The van der Waals surface area contributed by atoms with Crippen LogP contribution in [0.3, 0.4) is 0 Å². The Morgan fingerprint density at radius 2 is 1.43 bits per heavy atom. The molecule has 0 aliphatic rings. The van der Waals surface area contributed by atoms with Gasteiger partial charge in [-0.25, -0.2) is 8.78 Å². The standard InChI is InChI=1S/C25H27Cl2F2NO5/c1-24(2,3)34-22(32)19(23(33)35-25(4,5)6)18-14(28)9-7-12(21(18)29)11-16(31)17-13(26)8-10-15(30)20(17)27/h7-10,19H,11,30H2,1-6H3. The summed E-state index contributed by atoms with van der Waals surface area (Å²) in [6.45, 7) is 9.24. The highest BCUT2D eigenvalue weighted by Gasteiger charge is 2.40. The van der Waals surface area contributed by atoms with Crippen molar-refractivity contribution in [2.24, 2.45) is 0 Å². The van der Waals surface area contributed by atoms with Crippen LogP contribution in [0.1, 0.15) is 68.9 Å². The van der Waals surface area contributed by atoms with Gasteiger partial charge in [0, 0.05) is 12.0 Å². The minimum Gasteiger partial charge on any atom is -0.459 e. The number of carbonyl (C=O) groups is 3. The topological polar surface area (TPSA) is 95.7 Å². The first kappa shape index (κ1) is 28.5. The van der Waals surface area contributed by atoms with Crippen molar-refractivity contribution in [2.75, 3.05) is 5.73 Å². The van der Waals surface area contributed by atoms with Gasteiger partial charge in [0.25, 0.3) is 0 Å². The number of hydrogen-bond acceptors (Lipinski definition) is 6. The fraction of sp³-hybridized carbons (Fsp3) is 0.400. The number of benzene rings is 2. The molecule has 0 amide bonds. The number of anilines is 1. The molecule has 0 heterocycles. The summed E-state index contributed by atoms with van der Waals surface area (Å²) in [6.07, 6.45) is -0.600. The summed E-state index contributed by atoms with van der Waals surface area (Å²) >= 11 is 12.2. The average molecular weight is 530 g/mol. The Labute approximate surface area is 212 Å². The Morgan fingerprint density at radius 1 is 0.914 bits per heavy atom. The predicted octanol–water partition coefficient (Wildman–Crippen LogP) is 6.05. The molecule has 0 atom stereocenters. The predicted molar refractivity (Wildman–Crippen MR) is 130 cm³/mol. The highest BCUT2D eigenvalue weighted by Crippen LogP contribution is 2.33. The number of carbonyl (C=O) groups excluding carboxylic acids is 3. The molecule has 2 aromatic rings. The number of hydrogen-bond donors (Lipinski definition) is 1. The molecule has 2 rings (SSSR count). The summed E-state index contributed by atoms with van der Waals surface area (Å²) in [5.41, 5.74) is 2.40. The van der Waals surface area contributed by atoms with Crippen LogP contribution >= 0.6 is 23.2 Å². The van der Waals surface area contributed by atoms with E-state index in [1.807, 2.05) is 0 Å². The van der Waals surface area contributed by atoms with Crippen molar-refractivity contribution in [1.82, 2.24) is 0 Å². The lowest BCUT2D eigenvalue weighted by molar-refractivity contribution is -0.169. The quantitative estimate of drug-likeness (QED) is 0.212. The Kier molecular flexibility index (Phi) is 8.56. The fourth-order valence-corrected chi connectivity index (χ4v) is 3.74. The van der Waals surface area contributed by atoms with Crippen molar-refractivity contribution in [1.29, 1.82) is 0 Å². The Hall–Kier alpha value is -2.71. The second-order valence-electron chi connectivity index (χ2n) is 9.86. The minimum absolute atomic E-state index is 0.00247. The Bertz CT molecular complexity index is 1140. The summed E-state index contributed by atoms with van der Waals surface area (Å²) in [6, 6.07) is 4.65. The van der Waals surface area contributed by atoms with Crippen LogP contribution in [0.15, 0.2) is 24.3 Å². The lowest BCUT2D eigenvalue weighted by Crippen LogP contribution is -2.36. The maximum atomic E-state index is 15.6. The van der Waals surface area contributed by atoms with Crippen LogP contribution in [-0.4, -0.2) is 28.9 Å². The van der Waals surface area contributed by atoms with Gasteiger partial charge >= 0.3 is 11.9 Å². The van der Waals surface area contributed by atoms with Crippen LogP contribution in [0.25, 0.3) is 0 Å². The zero-order chi connectivity index (χ0) is 26.9. The molecule has 35 heavy (non-hydrogen) atoms. The summed E-state index contributed by atoms with van der Waals surface area (Å²) in [7, 11) is 0. The second-order valence-corrected chi connectivity index (χ2v) is 10.6. The van der Waals surface area contributed by atoms with Crippen molar-refractivity contribution < 1.29 is 32.6 Å². The van der Waals surface area contributed by atoms with Crippen molar-refractivity contribution in [2.45, 2.75) is 65.1 Å². The van der Waals surface area contributed by atoms with Crippen LogP contribution < -0.4 is 5.73 Å². The first-order chi connectivity index (χ1) is 15.9. The lowest BCUT2D eigenvalue weighted by Gasteiger charge is -2.27. The molecule has 0 saturated carbocycles. The van der Waals surface area contributed by atoms with Crippen molar-refractivity contribution in [3.05, 3.63) is 62.6 Å². The first-order valence-electron chi connectivity index (χ1n) is 10.6. The van der Waals surface area contributed by atoms with Gasteiger partial charge in [-0.1, -0.05) is 29.3 Å². The van der Waals surface area contributed by atoms with Crippen LogP contribution in [0, 0.1) is 11.6 Å². The largest absolute Gasteiger partial charge is 0.459 e. The van der Waals surface area contributed by atoms with E-state index < -0.39 is 58.5 Å². The van der Waals surface area contributed by atoms with E-state index in [1.54, 1.807) is 0 Å². The molecular weight excluding hydrogens is 503 g/mol. The molecule has 0 aromatic heterocycles. The zero-order valence-electron chi connectivity index (χ0n) is 20.2. The van der Waals surface area contributed by atoms with Crippen LogP contribution in [0.5, 0.6) is 0 Å². The van der Waals surface area contributed by atoms with E-state index in [9.17, 15) is 18.8 Å². The summed E-state index contributed by atoms with van der Waals surface area (Å²) in [5.74, 6) is -7.61. The van der Waals surface area contributed by atoms with E-state index in [1.165, 1.54) is 53.7 Å². The van der Waals surface area contributed by atoms with E-state index in [4.69, 9.17) is 38.4 Å². The van der Waals surface area contributed by atoms with Gasteiger partial charge in [0.2, 0.25) is 0 Å². The van der Waals surface area contributed by atoms with E-state index in [-0.39, 0.29) is 26.9 Å². The number of ketones is 1. The number of Topliss-reactive ketones (excluding diaryl/α,β-unsaturated/α-hetero) is 1. The molecule has 2 N–H and O–H groups in total. The maximum absolute atomic E-state index is 15.6. The van der Waals surface area contributed by atoms with Gasteiger partial charge in [0.05, 0.1) is 21.3 Å². The molecule has 0 spiro atoms. The summed E-state index contributed by atoms with van der Waals surface area (Å²) in [4.78, 5) is 38.7. The van der Waals surface area contributed by atoms with E-state index in [2.05, 4.69) is 0 Å². The molecule has 0 aliphatic heterocycles. The van der Waals surface area contributed by atoms with Crippen LogP contribution in [0.4, 0.5) is 14.5 Å². The van der Waals surface area contributed by atoms with Crippen molar-refractivity contribution in [3.8, 4) is 0 Å². The van der Waals surface area contributed by atoms with Crippen molar-refractivity contribution >= 4 is 46.6 Å². The van der Waals surface area contributed by atoms with Gasteiger partial charge in [-0.3, -0.25) is 14.4 Å². The van der Waals surface area contributed by atoms with Crippen molar-refractivity contribution in [3.63, 3.8) is 0 Å². The Morgan fingerprint density at radius 3 is 1.91 bits per heavy atom. The third-order valence-corrected chi connectivity index (χ3v) is 5.25. The van der Waals surface area contributed by atoms with Gasteiger partial charge in [-0.2, -0.15) is 0 Å². The molecule has 10 heteroatoms. The second kappa shape index (κ2) is 10.5. The molecular formula is C25H27Cl2F2NO5. The SMILES string of the molecule is CC(C)(C)OC(=O)C(C(=O)OC(C)(C)C)c1c(F)ccc(CC(=O)c2c(Cl)ccc(N)c2Cl)c1F. The zero-order valence-corrected chi connectivity index (χ0v) is 21.7. The lowest BCUT2D eigenvalue weighted by atomic mass is 9.92. The highest BCUT2D eigenvalue weighted by molar-refractivity contribution is 6.41. The van der Waals surface area contributed by atoms with Gasteiger partial charge in [-0.15, -0.1) is 0 Å². The molecule has 6 nitrogen and oxygen atoms in total. The van der Waals surface area contributed by atoms with E-state index in [0.717, 1.165) is 12.1 Å². The summed E-state index contributed by atoms with van der Waals surface area (Å²) in [5, 5.41) is -0.108. The number of ether oxygens (including phenoxy) is 2. The third kappa shape index (κ3) is 7.15. The molecule has 0 fully saturated rings. The molecule has 0 bridgehead atoms. The number of nitrogens with two attached hydrogens (primary N) is 1. The van der Waals surface area contributed by atoms with E-state index >= 15 is 4.39 Å². The van der Waals surface area contributed by atoms with Gasteiger partial charge < -0.3 is 15.2 Å². The summed E-state index contributed by atoms with van der Waals surface area (Å²) < 4.78 is 41.0. The van der Waals surface area contributed by atoms with Gasteiger partial charge in [0.1, 0.15) is 22.8 Å². The van der Waals surface area contributed by atoms with Gasteiger partial charge in [0.15, 0.2) is 11.7 Å². The highest BCUT2D eigenvalue weighted by atomic mass is 35.5. The molecule has 190 valence electrons. The number of esters is 2. The minimum atomic E-state index is -2.07. The van der Waals surface area contributed by atoms with Crippen LogP contribution in [-0.2, 0) is 25.5 Å². The normalized spacial score (nSPS) is 12.0. The molecule has 0 saturated heterocycles. The molecule has 0 aliphatic carbocycles. The monoisotopic (exact) mass is 529 g/mol. The number of nitrogen functional groups attached to an aromatic ring is 1. The Balaban J connectivity index is 2.59. The molecule has 0 radical (unpaired) electrons. The maximum Gasteiger partial charge on any atom is 0.325 e. The van der Waals surface area contributed by atoms with Crippen LogP contribution in [0.2, 0.25) is 10.0 Å². The number of rotatable bonds is 6. The third-order valence-electron chi connectivity index (χ3n) is 4.53. The smallest absolute Gasteiger partial charge is 0.325 e.